The van der Waals surface area contributed by atoms with Gasteiger partial charge in [0.1, 0.15) is 5.78 Å². The molecule has 1 rings (SSSR count). The highest BCUT2D eigenvalue weighted by molar-refractivity contribution is 5.78. The van der Waals surface area contributed by atoms with E-state index in [0.29, 0.717) is 17.6 Å². The number of rotatable bonds is 5. The number of nitrogens with one attached hydrogen (secondary N) is 1. The van der Waals surface area contributed by atoms with Crippen LogP contribution in [0.5, 0.6) is 0 Å². The van der Waals surface area contributed by atoms with Crippen molar-refractivity contribution in [2.45, 2.75) is 46.5 Å². The summed E-state index contributed by atoms with van der Waals surface area (Å²) < 4.78 is 0. The number of carbonyl (C=O) groups is 1. The first-order valence-corrected chi connectivity index (χ1v) is 6.32. The van der Waals surface area contributed by atoms with E-state index in [1.807, 2.05) is 0 Å². The van der Waals surface area contributed by atoms with Crippen molar-refractivity contribution in [3.63, 3.8) is 0 Å². The number of ketones is 1. The maximum Gasteiger partial charge on any atom is 0.133 e. The fourth-order valence-corrected chi connectivity index (χ4v) is 2.43. The van der Waals surface area contributed by atoms with Gasteiger partial charge in [-0.1, -0.05) is 20.8 Å². The molecule has 1 heterocycles. The molecule has 0 spiro atoms. The molecule has 0 aromatic heterocycles. The molecule has 88 valence electrons. The zero-order valence-corrected chi connectivity index (χ0v) is 10.4. The summed E-state index contributed by atoms with van der Waals surface area (Å²) in [5, 5.41) is 3.42. The summed E-state index contributed by atoms with van der Waals surface area (Å²) in [6.07, 6.45) is 4.10. The summed E-state index contributed by atoms with van der Waals surface area (Å²) in [6.45, 7) is 8.73. The van der Waals surface area contributed by atoms with Gasteiger partial charge in [0.05, 0.1) is 0 Å². The Morgan fingerprint density at radius 3 is 2.60 bits per heavy atom. The Morgan fingerprint density at radius 1 is 1.33 bits per heavy atom. The molecule has 0 bridgehead atoms. The topological polar surface area (TPSA) is 29.1 Å². The molecule has 0 aromatic carbocycles. The first-order valence-electron chi connectivity index (χ1n) is 6.32. The van der Waals surface area contributed by atoms with Crippen LogP contribution in [0.25, 0.3) is 0 Å². The quantitative estimate of drug-likeness (QED) is 0.757. The Balaban J connectivity index is 2.27. The van der Waals surface area contributed by atoms with Gasteiger partial charge in [-0.3, -0.25) is 4.79 Å². The third-order valence-electron chi connectivity index (χ3n) is 3.33. The van der Waals surface area contributed by atoms with Crippen molar-refractivity contribution in [1.82, 2.24) is 5.32 Å². The van der Waals surface area contributed by atoms with Crippen LogP contribution in [0.15, 0.2) is 0 Å². The van der Waals surface area contributed by atoms with Crippen molar-refractivity contribution in [3.8, 4) is 0 Å². The zero-order chi connectivity index (χ0) is 11.3. The van der Waals surface area contributed by atoms with Gasteiger partial charge in [-0.05, 0) is 43.7 Å². The predicted octanol–water partition coefficient (Wildman–Crippen LogP) is 2.63. The van der Waals surface area contributed by atoms with E-state index >= 15 is 0 Å². The summed E-state index contributed by atoms with van der Waals surface area (Å²) in [7, 11) is 0. The summed E-state index contributed by atoms with van der Waals surface area (Å²) in [5.74, 6) is 2.23. The maximum atomic E-state index is 11.7. The van der Waals surface area contributed by atoms with Crippen molar-refractivity contribution in [2.75, 3.05) is 13.1 Å². The third kappa shape index (κ3) is 4.78. The lowest BCUT2D eigenvalue weighted by molar-refractivity contribution is -0.120. The van der Waals surface area contributed by atoms with Crippen molar-refractivity contribution in [2.24, 2.45) is 17.8 Å². The molecule has 1 fully saturated rings. The first-order chi connectivity index (χ1) is 7.09. The van der Waals surface area contributed by atoms with Crippen LogP contribution in [0.2, 0.25) is 0 Å². The van der Waals surface area contributed by atoms with Gasteiger partial charge >= 0.3 is 0 Å². The molecule has 1 aliphatic heterocycles. The van der Waals surface area contributed by atoms with Crippen LogP contribution in [-0.4, -0.2) is 18.9 Å². The van der Waals surface area contributed by atoms with Gasteiger partial charge in [0.15, 0.2) is 0 Å². The fourth-order valence-electron chi connectivity index (χ4n) is 2.43. The molecule has 2 atom stereocenters. The van der Waals surface area contributed by atoms with E-state index in [2.05, 4.69) is 26.1 Å². The van der Waals surface area contributed by atoms with Crippen LogP contribution >= 0.6 is 0 Å². The van der Waals surface area contributed by atoms with Crippen LogP contribution in [0.3, 0.4) is 0 Å². The van der Waals surface area contributed by atoms with E-state index in [9.17, 15) is 4.79 Å². The molecule has 1 aliphatic rings. The molecule has 0 aromatic rings. The molecular formula is C13H25NO. The molecule has 2 nitrogen and oxygen atoms in total. The second kappa shape index (κ2) is 6.26. The van der Waals surface area contributed by atoms with Crippen molar-refractivity contribution < 1.29 is 4.79 Å². The standard InChI is InChI=1S/C13H25NO/c1-10(2)7-13(15)8-11(3)12-5-4-6-14-9-12/h10-12,14H,4-9H2,1-3H3. The second-order valence-corrected chi connectivity index (χ2v) is 5.42. The second-order valence-electron chi connectivity index (χ2n) is 5.42. The molecule has 0 saturated carbocycles. The Bertz CT molecular complexity index is 195. The average molecular weight is 211 g/mol. The Hall–Kier alpha value is -0.370. The van der Waals surface area contributed by atoms with Crippen LogP contribution < -0.4 is 5.32 Å². The van der Waals surface area contributed by atoms with E-state index in [-0.39, 0.29) is 0 Å². The van der Waals surface area contributed by atoms with E-state index in [1.165, 1.54) is 12.8 Å². The average Bonchev–Trinajstić information content (AvgIpc) is 2.17. The lowest BCUT2D eigenvalue weighted by Crippen LogP contribution is -2.34. The van der Waals surface area contributed by atoms with E-state index in [4.69, 9.17) is 0 Å². The smallest absolute Gasteiger partial charge is 0.133 e. The summed E-state index contributed by atoms with van der Waals surface area (Å²) >= 11 is 0. The molecule has 0 radical (unpaired) electrons. The number of piperidine rings is 1. The largest absolute Gasteiger partial charge is 0.316 e. The Morgan fingerprint density at radius 2 is 2.07 bits per heavy atom. The minimum Gasteiger partial charge on any atom is -0.316 e. The van der Waals surface area contributed by atoms with Crippen molar-refractivity contribution in [3.05, 3.63) is 0 Å². The maximum absolute atomic E-state index is 11.7. The van der Waals surface area contributed by atoms with Crippen LogP contribution in [0, 0.1) is 17.8 Å². The first kappa shape index (κ1) is 12.7. The van der Waals surface area contributed by atoms with Gasteiger partial charge in [0.2, 0.25) is 0 Å². The highest BCUT2D eigenvalue weighted by Crippen LogP contribution is 2.23. The van der Waals surface area contributed by atoms with Gasteiger partial charge < -0.3 is 5.32 Å². The summed E-state index contributed by atoms with van der Waals surface area (Å²) in [4.78, 5) is 11.7. The van der Waals surface area contributed by atoms with Crippen LogP contribution in [0.4, 0.5) is 0 Å². The van der Waals surface area contributed by atoms with Gasteiger partial charge in [-0.2, -0.15) is 0 Å². The summed E-state index contributed by atoms with van der Waals surface area (Å²) in [5.41, 5.74) is 0. The molecule has 15 heavy (non-hydrogen) atoms. The van der Waals surface area contributed by atoms with Crippen LogP contribution in [0.1, 0.15) is 46.5 Å². The molecule has 0 amide bonds. The van der Waals surface area contributed by atoms with E-state index in [1.54, 1.807) is 0 Å². The number of hydrogen-bond donors (Lipinski definition) is 1. The normalized spacial score (nSPS) is 24.1. The lowest BCUT2D eigenvalue weighted by Gasteiger charge is -2.28. The monoisotopic (exact) mass is 211 g/mol. The molecular weight excluding hydrogens is 186 g/mol. The molecule has 1 saturated heterocycles. The number of carbonyl (C=O) groups excluding carboxylic acids is 1. The van der Waals surface area contributed by atoms with Crippen LogP contribution in [-0.2, 0) is 4.79 Å². The lowest BCUT2D eigenvalue weighted by atomic mass is 9.83. The third-order valence-corrected chi connectivity index (χ3v) is 3.33. The zero-order valence-electron chi connectivity index (χ0n) is 10.4. The Labute approximate surface area is 93.8 Å². The molecule has 2 unspecified atom stereocenters. The minimum absolute atomic E-state index is 0.447. The van der Waals surface area contributed by atoms with Gasteiger partial charge in [-0.25, -0.2) is 0 Å². The van der Waals surface area contributed by atoms with E-state index in [0.717, 1.165) is 31.8 Å². The highest BCUT2D eigenvalue weighted by atomic mass is 16.1. The highest BCUT2D eigenvalue weighted by Gasteiger charge is 2.21. The molecule has 2 heteroatoms. The van der Waals surface area contributed by atoms with Crippen molar-refractivity contribution in [1.29, 1.82) is 0 Å². The van der Waals surface area contributed by atoms with Gasteiger partial charge in [-0.15, -0.1) is 0 Å². The SMILES string of the molecule is CC(C)CC(=O)CC(C)C1CCCNC1. The number of hydrogen-bond acceptors (Lipinski definition) is 2. The van der Waals surface area contributed by atoms with Gasteiger partial charge in [0, 0.05) is 12.8 Å². The van der Waals surface area contributed by atoms with E-state index < -0.39 is 0 Å². The molecule has 0 aliphatic carbocycles. The number of Topliss-reactive ketones (excluding diaryl/α,β-unsaturated/α-hetero) is 1. The Kier molecular flexibility index (Phi) is 5.30. The molecule has 1 N–H and O–H groups in total. The minimum atomic E-state index is 0.447. The van der Waals surface area contributed by atoms with Crippen molar-refractivity contribution >= 4 is 5.78 Å². The predicted molar refractivity (Wildman–Crippen MR) is 63.8 cm³/mol. The fraction of sp³-hybridized carbons (Fsp3) is 0.923. The summed E-state index contributed by atoms with van der Waals surface area (Å²) in [6, 6.07) is 0. The van der Waals surface area contributed by atoms with Gasteiger partial charge in [0.25, 0.3) is 0 Å².